The Morgan fingerprint density at radius 3 is 2.33 bits per heavy atom. The van der Waals surface area contributed by atoms with Gasteiger partial charge in [-0.25, -0.2) is 0 Å². The van der Waals surface area contributed by atoms with Gasteiger partial charge in [-0.05, 0) is 45.3 Å². The molecule has 0 saturated carbocycles. The topological polar surface area (TPSA) is 64.0 Å². The molecule has 21 heavy (non-hydrogen) atoms. The summed E-state index contributed by atoms with van der Waals surface area (Å²) in [5, 5.41) is 18.2. The van der Waals surface area contributed by atoms with Crippen molar-refractivity contribution < 1.29 is 28.2 Å². The molecule has 2 aliphatic rings. The molecule has 2 saturated heterocycles. The number of aliphatic hydroxyl groups is 1. The molecule has 2 rings (SSSR count). The maximum atomic E-state index is 12.3. The normalized spacial score (nSPS) is 27.9. The van der Waals surface area contributed by atoms with Crippen LogP contribution in [0.1, 0.15) is 25.7 Å². The van der Waals surface area contributed by atoms with E-state index < -0.39 is 30.8 Å². The molecule has 2 atom stereocenters. The van der Waals surface area contributed by atoms with Gasteiger partial charge in [-0.15, -0.1) is 0 Å². The number of aliphatic carboxylic acids is 1. The van der Waals surface area contributed by atoms with Crippen LogP contribution in [-0.4, -0.2) is 76.5 Å². The van der Waals surface area contributed by atoms with Crippen LogP contribution in [0.4, 0.5) is 13.2 Å². The Morgan fingerprint density at radius 1 is 1.19 bits per heavy atom. The third-order valence-corrected chi connectivity index (χ3v) is 4.41. The van der Waals surface area contributed by atoms with Crippen molar-refractivity contribution in [2.45, 2.75) is 50.0 Å². The van der Waals surface area contributed by atoms with Crippen LogP contribution >= 0.6 is 0 Å². The van der Waals surface area contributed by atoms with E-state index in [1.807, 2.05) is 4.90 Å². The molecule has 0 aromatic heterocycles. The summed E-state index contributed by atoms with van der Waals surface area (Å²) in [4.78, 5) is 14.7. The van der Waals surface area contributed by atoms with Crippen molar-refractivity contribution in [1.82, 2.24) is 9.80 Å². The minimum absolute atomic E-state index is 0.118. The van der Waals surface area contributed by atoms with Gasteiger partial charge in [0.05, 0.1) is 0 Å². The van der Waals surface area contributed by atoms with Crippen molar-refractivity contribution in [2.75, 3.05) is 26.2 Å². The summed E-state index contributed by atoms with van der Waals surface area (Å²) < 4.78 is 36.9. The zero-order valence-electron chi connectivity index (χ0n) is 11.7. The van der Waals surface area contributed by atoms with E-state index in [4.69, 9.17) is 10.2 Å². The number of hydrogen-bond donors (Lipinski definition) is 2. The molecule has 122 valence electrons. The zero-order chi connectivity index (χ0) is 15.6. The van der Waals surface area contributed by atoms with Gasteiger partial charge >= 0.3 is 12.1 Å². The highest BCUT2D eigenvalue weighted by Crippen LogP contribution is 2.27. The summed E-state index contributed by atoms with van der Waals surface area (Å²) in [6.45, 7) is 1.26. The highest BCUT2D eigenvalue weighted by atomic mass is 19.4. The van der Waals surface area contributed by atoms with Crippen molar-refractivity contribution in [3.8, 4) is 0 Å². The molecule has 2 aliphatic heterocycles. The quantitative estimate of drug-likeness (QED) is 0.808. The Kier molecular flexibility index (Phi) is 5.11. The highest BCUT2D eigenvalue weighted by molar-refractivity contribution is 5.73. The van der Waals surface area contributed by atoms with Gasteiger partial charge in [0.2, 0.25) is 0 Å². The number of likely N-dealkylation sites (tertiary alicyclic amines) is 2. The second-order valence-electron chi connectivity index (χ2n) is 5.82. The number of β-amino-alcohol motifs (C(OH)–C–C–N with tert-alkyl or cyclic N) is 1. The van der Waals surface area contributed by atoms with Gasteiger partial charge in [-0.3, -0.25) is 9.69 Å². The number of carboxylic acid groups (broad SMARTS) is 1. The number of carbonyl (C=O) groups is 1. The van der Waals surface area contributed by atoms with Gasteiger partial charge in [-0.2, -0.15) is 13.2 Å². The van der Waals surface area contributed by atoms with Crippen LogP contribution in [0.5, 0.6) is 0 Å². The van der Waals surface area contributed by atoms with Crippen molar-refractivity contribution >= 4 is 5.97 Å². The molecule has 0 radical (unpaired) electrons. The number of nitrogens with zero attached hydrogens (tertiary/aromatic N) is 2. The van der Waals surface area contributed by atoms with Crippen LogP contribution in [0.15, 0.2) is 0 Å². The monoisotopic (exact) mass is 310 g/mol. The minimum Gasteiger partial charge on any atom is -0.480 e. The standard InChI is InChI=1S/C13H21F3N2O3/c14-13(15,16)11(19)8-17-6-3-9(4-7-17)18-5-1-2-10(18)12(20)21/h9-11,19H,1-8H2,(H,20,21). The van der Waals surface area contributed by atoms with Crippen LogP contribution in [0.3, 0.4) is 0 Å². The van der Waals surface area contributed by atoms with Crippen molar-refractivity contribution in [2.24, 2.45) is 0 Å². The summed E-state index contributed by atoms with van der Waals surface area (Å²) >= 11 is 0. The molecule has 5 nitrogen and oxygen atoms in total. The predicted molar refractivity (Wildman–Crippen MR) is 68.9 cm³/mol. The summed E-state index contributed by atoms with van der Waals surface area (Å²) in [5.74, 6) is -0.817. The van der Waals surface area contributed by atoms with E-state index in [1.165, 1.54) is 0 Å². The molecular formula is C13H21F3N2O3. The maximum absolute atomic E-state index is 12.3. The zero-order valence-corrected chi connectivity index (χ0v) is 11.7. The Bertz CT molecular complexity index is 370. The fraction of sp³-hybridized carbons (Fsp3) is 0.923. The molecule has 2 N–H and O–H groups in total. The summed E-state index contributed by atoms with van der Waals surface area (Å²) in [7, 11) is 0. The van der Waals surface area contributed by atoms with Gasteiger partial charge in [-0.1, -0.05) is 0 Å². The van der Waals surface area contributed by atoms with Gasteiger partial charge < -0.3 is 15.1 Å². The van der Waals surface area contributed by atoms with Crippen LogP contribution in [0.25, 0.3) is 0 Å². The Hall–Kier alpha value is -0.860. The molecular weight excluding hydrogens is 289 g/mol. The number of halogens is 3. The summed E-state index contributed by atoms with van der Waals surface area (Å²) in [6.07, 6.45) is -4.11. The fourth-order valence-electron chi connectivity index (χ4n) is 3.27. The third-order valence-electron chi connectivity index (χ3n) is 4.41. The number of alkyl halides is 3. The molecule has 0 aromatic carbocycles. The number of hydrogen-bond acceptors (Lipinski definition) is 4. The lowest BCUT2D eigenvalue weighted by Crippen LogP contribution is -2.51. The van der Waals surface area contributed by atoms with Crippen LogP contribution in [0, 0.1) is 0 Å². The van der Waals surface area contributed by atoms with Crippen LogP contribution < -0.4 is 0 Å². The average molecular weight is 310 g/mol. The molecule has 2 heterocycles. The number of carboxylic acids is 1. The lowest BCUT2D eigenvalue weighted by atomic mass is 10.0. The summed E-state index contributed by atoms with van der Waals surface area (Å²) in [6, 6.07) is -0.338. The molecule has 0 aliphatic carbocycles. The third kappa shape index (κ3) is 4.08. The second-order valence-corrected chi connectivity index (χ2v) is 5.82. The molecule has 2 unspecified atom stereocenters. The Morgan fingerprint density at radius 2 is 1.81 bits per heavy atom. The number of piperidine rings is 1. The lowest BCUT2D eigenvalue weighted by Gasteiger charge is -2.39. The van der Waals surface area contributed by atoms with E-state index in [2.05, 4.69) is 0 Å². The first-order chi connectivity index (χ1) is 9.79. The van der Waals surface area contributed by atoms with Crippen LogP contribution in [-0.2, 0) is 4.79 Å². The van der Waals surface area contributed by atoms with Crippen LogP contribution in [0.2, 0.25) is 0 Å². The second kappa shape index (κ2) is 6.50. The molecule has 0 spiro atoms. The molecule has 8 heteroatoms. The lowest BCUT2D eigenvalue weighted by molar-refractivity contribution is -0.208. The van der Waals surface area contributed by atoms with Crippen molar-refractivity contribution in [3.63, 3.8) is 0 Å². The first-order valence-electron chi connectivity index (χ1n) is 7.24. The first-order valence-corrected chi connectivity index (χ1v) is 7.24. The van der Waals surface area contributed by atoms with E-state index in [0.29, 0.717) is 32.4 Å². The minimum atomic E-state index is -4.58. The van der Waals surface area contributed by atoms with Gasteiger partial charge in [0.15, 0.2) is 6.10 Å². The number of aliphatic hydroxyl groups excluding tert-OH is 1. The Balaban J connectivity index is 1.82. The fourth-order valence-corrected chi connectivity index (χ4v) is 3.27. The maximum Gasteiger partial charge on any atom is 0.415 e. The summed E-state index contributed by atoms with van der Waals surface area (Å²) in [5.41, 5.74) is 0. The van der Waals surface area contributed by atoms with Gasteiger partial charge in [0.25, 0.3) is 0 Å². The molecule has 2 fully saturated rings. The highest BCUT2D eigenvalue weighted by Gasteiger charge is 2.41. The van der Waals surface area contributed by atoms with E-state index in [-0.39, 0.29) is 6.04 Å². The van der Waals surface area contributed by atoms with E-state index in [0.717, 1.165) is 13.0 Å². The predicted octanol–water partition coefficient (Wildman–Crippen LogP) is 0.923. The van der Waals surface area contributed by atoms with E-state index in [9.17, 15) is 18.0 Å². The van der Waals surface area contributed by atoms with Crippen molar-refractivity contribution in [1.29, 1.82) is 0 Å². The average Bonchev–Trinajstić information content (AvgIpc) is 2.88. The molecule has 0 aromatic rings. The van der Waals surface area contributed by atoms with E-state index in [1.54, 1.807) is 4.90 Å². The molecule has 0 bridgehead atoms. The SMILES string of the molecule is O=C(O)C1CCCN1C1CCN(CC(O)C(F)(F)F)CC1. The largest absolute Gasteiger partial charge is 0.480 e. The first kappa shape index (κ1) is 16.5. The van der Waals surface area contributed by atoms with Gasteiger partial charge in [0.1, 0.15) is 6.04 Å². The number of rotatable bonds is 4. The van der Waals surface area contributed by atoms with Crippen molar-refractivity contribution in [3.05, 3.63) is 0 Å². The smallest absolute Gasteiger partial charge is 0.415 e. The van der Waals surface area contributed by atoms with E-state index >= 15 is 0 Å². The Labute approximate surface area is 121 Å². The van der Waals surface area contributed by atoms with Gasteiger partial charge in [0, 0.05) is 12.6 Å². The molecule has 0 amide bonds.